The van der Waals surface area contributed by atoms with E-state index in [-0.39, 0.29) is 0 Å². The van der Waals surface area contributed by atoms with Gasteiger partial charge in [-0.1, -0.05) is 6.58 Å². The summed E-state index contributed by atoms with van der Waals surface area (Å²) in [6, 6.07) is 0. The second kappa shape index (κ2) is 3.51. The van der Waals surface area contributed by atoms with Gasteiger partial charge >= 0.3 is 0 Å². The summed E-state index contributed by atoms with van der Waals surface area (Å²) in [5.41, 5.74) is 0.921. The maximum Gasteiger partial charge on any atom is 0.124 e. The van der Waals surface area contributed by atoms with Crippen molar-refractivity contribution in [2.75, 3.05) is 20.1 Å². The summed E-state index contributed by atoms with van der Waals surface area (Å²) >= 11 is 0. The van der Waals surface area contributed by atoms with Gasteiger partial charge in [-0.2, -0.15) is 0 Å². The molecule has 0 aromatic rings. The Kier molecular flexibility index (Phi) is 2.64. The van der Waals surface area contributed by atoms with E-state index in [0.717, 1.165) is 25.1 Å². The number of likely N-dealkylation sites (tertiary alicyclic amines) is 1. The van der Waals surface area contributed by atoms with Gasteiger partial charge in [-0.3, -0.25) is 0 Å². The summed E-state index contributed by atoms with van der Waals surface area (Å²) in [6.07, 6.45) is 2.57. The molecule has 2 nitrogen and oxygen atoms in total. The van der Waals surface area contributed by atoms with Crippen molar-refractivity contribution in [2.24, 2.45) is 5.92 Å². The van der Waals surface area contributed by atoms with Gasteiger partial charge in [-0.05, 0) is 31.5 Å². The number of hydrogen-bond donors (Lipinski definition) is 0. The molecule has 0 amide bonds. The SMILES string of the molecule is C=C(C=C=O)C1CCN(C)C1. The Morgan fingerprint density at radius 2 is 2.55 bits per heavy atom. The average Bonchev–Trinajstić information content (AvgIpc) is 2.36. The molecule has 11 heavy (non-hydrogen) atoms. The quantitative estimate of drug-likeness (QED) is 0.431. The normalized spacial score (nSPS) is 24.6. The highest BCUT2D eigenvalue weighted by Gasteiger charge is 2.20. The van der Waals surface area contributed by atoms with Crippen molar-refractivity contribution >= 4 is 5.94 Å². The topological polar surface area (TPSA) is 20.3 Å². The molecule has 1 atom stereocenters. The van der Waals surface area contributed by atoms with E-state index in [4.69, 9.17) is 0 Å². The molecule has 0 spiro atoms. The highest BCUT2D eigenvalue weighted by atomic mass is 16.1. The Balaban J connectivity index is 2.49. The second-order valence-electron chi connectivity index (χ2n) is 3.08. The molecule has 0 bridgehead atoms. The molecule has 1 fully saturated rings. The lowest BCUT2D eigenvalue weighted by Gasteiger charge is -2.08. The lowest BCUT2D eigenvalue weighted by atomic mass is 10.0. The van der Waals surface area contributed by atoms with Gasteiger partial charge in [0.05, 0.1) is 0 Å². The number of rotatable bonds is 2. The lowest BCUT2D eigenvalue weighted by Crippen LogP contribution is -2.14. The van der Waals surface area contributed by atoms with E-state index in [9.17, 15) is 4.79 Å². The minimum Gasteiger partial charge on any atom is -0.306 e. The molecule has 1 rings (SSSR count). The molecule has 1 unspecified atom stereocenters. The van der Waals surface area contributed by atoms with Gasteiger partial charge in [-0.15, -0.1) is 0 Å². The molecule has 0 aromatic carbocycles. The van der Waals surface area contributed by atoms with E-state index in [1.165, 1.54) is 6.08 Å². The molecule has 0 radical (unpaired) electrons. The highest BCUT2D eigenvalue weighted by Crippen LogP contribution is 2.21. The molecule has 0 aliphatic carbocycles. The molecular formula is C9H13NO. The number of carbonyl (C=O) groups excluding carboxylic acids is 1. The van der Waals surface area contributed by atoms with Crippen molar-refractivity contribution in [3.05, 3.63) is 18.2 Å². The summed E-state index contributed by atoms with van der Waals surface area (Å²) in [7, 11) is 2.08. The molecule has 2 heteroatoms. The van der Waals surface area contributed by atoms with Gasteiger partial charge in [-0.25, -0.2) is 4.79 Å². The minimum absolute atomic E-state index is 0.474. The highest BCUT2D eigenvalue weighted by molar-refractivity contribution is 5.52. The van der Waals surface area contributed by atoms with E-state index in [1.807, 2.05) is 0 Å². The summed E-state index contributed by atoms with van der Waals surface area (Å²) < 4.78 is 0. The van der Waals surface area contributed by atoms with Crippen molar-refractivity contribution < 1.29 is 4.79 Å². The maximum atomic E-state index is 10.00. The van der Waals surface area contributed by atoms with E-state index >= 15 is 0 Å². The van der Waals surface area contributed by atoms with E-state index in [1.54, 1.807) is 5.94 Å². The Hall–Kier alpha value is -0.850. The van der Waals surface area contributed by atoms with Gasteiger partial charge in [0.2, 0.25) is 0 Å². The van der Waals surface area contributed by atoms with Gasteiger partial charge in [0.1, 0.15) is 5.94 Å². The first-order chi connectivity index (χ1) is 5.24. The fraction of sp³-hybridized carbons (Fsp3) is 0.556. The van der Waals surface area contributed by atoms with Crippen molar-refractivity contribution in [3.8, 4) is 0 Å². The number of allylic oxidation sites excluding steroid dienone is 1. The average molecular weight is 151 g/mol. The summed E-state index contributed by atoms with van der Waals surface area (Å²) in [6.45, 7) is 5.95. The zero-order valence-electron chi connectivity index (χ0n) is 6.84. The zero-order valence-corrected chi connectivity index (χ0v) is 6.84. The van der Waals surface area contributed by atoms with Crippen LogP contribution < -0.4 is 0 Å². The van der Waals surface area contributed by atoms with Crippen LogP contribution in [0.15, 0.2) is 18.2 Å². The molecule has 0 N–H and O–H groups in total. The molecule has 60 valence electrons. The zero-order chi connectivity index (χ0) is 8.27. The first kappa shape index (κ1) is 8.25. The third-order valence-electron chi connectivity index (χ3n) is 2.16. The van der Waals surface area contributed by atoms with Crippen molar-refractivity contribution in [2.45, 2.75) is 6.42 Å². The summed E-state index contributed by atoms with van der Waals surface area (Å²) in [4.78, 5) is 12.2. The fourth-order valence-electron chi connectivity index (χ4n) is 1.43. The molecule has 0 saturated carbocycles. The first-order valence-corrected chi connectivity index (χ1v) is 3.82. The molecular weight excluding hydrogens is 138 g/mol. The van der Waals surface area contributed by atoms with E-state index < -0.39 is 0 Å². The molecule has 1 aliphatic heterocycles. The van der Waals surface area contributed by atoms with Crippen LogP contribution in [-0.4, -0.2) is 31.0 Å². The van der Waals surface area contributed by atoms with E-state index in [2.05, 4.69) is 18.5 Å². The van der Waals surface area contributed by atoms with Crippen LogP contribution in [0.4, 0.5) is 0 Å². The number of hydrogen-bond acceptors (Lipinski definition) is 2. The molecule has 1 aliphatic rings. The van der Waals surface area contributed by atoms with Crippen LogP contribution in [0.3, 0.4) is 0 Å². The van der Waals surface area contributed by atoms with Crippen LogP contribution in [-0.2, 0) is 4.79 Å². The van der Waals surface area contributed by atoms with E-state index in [0.29, 0.717) is 5.92 Å². The second-order valence-corrected chi connectivity index (χ2v) is 3.08. The van der Waals surface area contributed by atoms with Gasteiger partial charge in [0, 0.05) is 12.6 Å². The predicted octanol–water partition coefficient (Wildman–Crippen LogP) is 0.882. The summed E-state index contributed by atoms with van der Waals surface area (Å²) in [5.74, 6) is 2.24. The smallest absolute Gasteiger partial charge is 0.124 e. The minimum atomic E-state index is 0.474. The van der Waals surface area contributed by atoms with Crippen LogP contribution in [0.2, 0.25) is 0 Å². The van der Waals surface area contributed by atoms with Crippen molar-refractivity contribution in [1.29, 1.82) is 0 Å². The standard InChI is InChI=1S/C9H13NO/c1-8(4-6-11)9-3-5-10(2)7-9/h4,9H,1,3,5,7H2,2H3. The van der Waals surface area contributed by atoms with Crippen molar-refractivity contribution in [1.82, 2.24) is 4.90 Å². The van der Waals surface area contributed by atoms with Crippen molar-refractivity contribution in [3.63, 3.8) is 0 Å². The Morgan fingerprint density at radius 3 is 3.00 bits per heavy atom. The third-order valence-corrected chi connectivity index (χ3v) is 2.16. The Bertz CT molecular complexity index is 204. The largest absolute Gasteiger partial charge is 0.306 e. The summed E-state index contributed by atoms with van der Waals surface area (Å²) in [5, 5.41) is 0. The van der Waals surface area contributed by atoms with Gasteiger partial charge < -0.3 is 4.90 Å². The van der Waals surface area contributed by atoms with Gasteiger partial charge in [0.15, 0.2) is 0 Å². The fourth-order valence-corrected chi connectivity index (χ4v) is 1.43. The number of nitrogens with zero attached hydrogens (tertiary/aromatic N) is 1. The monoisotopic (exact) mass is 151 g/mol. The first-order valence-electron chi connectivity index (χ1n) is 3.82. The van der Waals surface area contributed by atoms with Gasteiger partial charge in [0.25, 0.3) is 0 Å². The Labute approximate surface area is 67.2 Å². The molecule has 1 saturated heterocycles. The lowest BCUT2D eigenvalue weighted by molar-refractivity contribution is 0.406. The van der Waals surface area contributed by atoms with Crippen LogP contribution in [0.1, 0.15) is 6.42 Å². The predicted molar refractivity (Wildman–Crippen MR) is 45.0 cm³/mol. The molecule has 0 aromatic heterocycles. The molecule has 1 heterocycles. The van der Waals surface area contributed by atoms with Crippen LogP contribution in [0, 0.1) is 5.92 Å². The third kappa shape index (κ3) is 2.04. The van der Waals surface area contributed by atoms with Crippen LogP contribution in [0.5, 0.6) is 0 Å². The van der Waals surface area contributed by atoms with Crippen LogP contribution in [0.25, 0.3) is 0 Å². The van der Waals surface area contributed by atoms with Crippen LogP contribution >= 0.6 is 0 Å². The maximum absolute atomic E-state index is 10.00. The Morgan fingerprint density at radius 1 is 1.82 bits per heavy atom.